The number of esters is 1. The number of rotatable bonds is 20. The van der Waals surface area contributed by atoms with Crippen molar-refractivity contribution in [3.8, 4) is 0 Å². The third kappa shape index (κ3) is 27.1. The van der Waals surface area contributed by atoms with Gasteiger partial charge in [0.15, 0.2) is 0 Å². The van der Waals surface area contributed by atoms with Gasteiger partial charge >= 0.3 is 81.5 Å². The van der Waals surface area contributed by atoms with E-state index in [-0.39, 0.29) is 71.6 Å². The molecule has 32 heavy (non-hydrogen) atoms. The fraction of sp³-hybridized carbons (Fsp3) is 0.909. The first-order valence-electron chi connectivity index (χ1n) is 11.7. The topological polar surface area (TPSA) is 107 Å². The van der Waals surface area contributed by atoms with Crippen molar-refractivity contribution < 1.29 is 31.5 Å². The Morgan fingerprint density at radius 2 is 1.06 bits per heavy atom. The predicted octanol–water partition coefficient (Wildman–Crippen LogP) is 4.62. The molecule has 0 aliphatic heterocycles. The van der Waals surface area contributed by atoms with Crippen LogP contribution in [0.15, 0.2) is 0 Å². The summed E-state index contributed by atoms with van der Waals surface area (Å²) in [5.74, 6) is -1.71. The summed E-state index contributed by atoms with van der Waals surface area (Å²) < 4.78 is 38.8. The first-order valence-corrected chi connectivity index (χ1v) is 13.0. The van der Waals surface area contributed by atoms with Gasteiger partial charge in [0, 0.05) is 0 Å². The Bertz CT molecular complexity index is 556. The zero-order chi connectivity index (χ0) is 22.7. The van der Waals surface area contributed by atoms with Gasteiger partial charge in [-0.25, -0.2) is 0 Å². The van der Waals surface area contributed by atoms with Crippen LogP contribution < -0.4 is 0 Å². The van der Waals surface area contributed by atoms with Crippen LogP contribution in [0.5, 0.6) is 0 Å². The molecule has 0 aromatic rings. The van der Waals surface area contributed by atoms with Crippen LogP contribution in [-0.2, 0) is 28.9 Å². The molecule has 7 nitrogen and oxygen atoms in total. The van der Waals surface area contributed by atoms with E-state index in [2.05, 4.69) is 18.0 Å². The monoisotopic (exact) mass is 498 g/mol. The molecular formula is C22H44Na2O7S. The molecular weight excluding hydrogens is 454 g/mol. The van der Waals surface area contributed by atoms with E-state index in [1.54, 1.807) is 0 Å². The molecule has 0 aromatic heterocycles. The Morgan fingerprint density at radius 3 is 1.47 bits per heavy atom. The fourth-order valence-electron chi connectivity index (χ4n) is 3.35. The molecule has 1 unspecified atom stereocenters. The van der Waals surface area contributed by atoms with Gasteiger partial charge in [-0.1, -0.05) is 84.5 Å². The van der Waals surface area contributed by atoms with Gasteiger partial charge in [-0.3, -0.25) is 14.1 Å². The molecule has 1 atom stereocenters. The van der Waals surface area contributed by atoms with Crippen molar-refractivity contribution >= 4 is 81.5 Å². The van der Waals surface area contributed by atoms with E-state index in [0.717, 1.165) is 38.5 Å². The second-order valence-corrected chi connectivity index (χ2v) is 8.98. The number of carbonyl (C=O) groups excluding carboxylic acids is 2. The number of hydrogen-bond donors (Lipinski definition) is 1. The van der Waals surface area contributed by atoms with Gasteiger partial charge in [-0.05, 0) is 25.7 Å². The summed E-state index contributed by atoms with van der Waals surface area (Å²) in [6.45, 7) is 4.38. The van der Waals surface area contributed by atoms with E-state index in [9.17, 15) is 18.0 Å². The van der Waals surface area contributed by atoms with Crippen LogP contribution in [0.2, 0.25) is 0 Å². The second-order valence-electron chi connectivity index (χ2n) is 7.96. The molecule has 0 saturated heterocycles. The summed E-state index contributed by atoms with van der Waals surface area (Å²) in [7, 11) is -4.84. The van der Waals surface area contributed by atoms with Crippen molar-refractivity contribution in [2.45, 2.75) is 129 Å². The Morgan fingerprint density at radius 1 is 0.688 bits per heavy atom. The number of hydrogen-bond acceptors (Lipinski definition) is 6. The maximum absolute atomic E-state index is 12.1. The molecule has 0 rings (SSSR count). The summed E-state index contributed by atoms with van der Waals surface area (Å²) in [5.41, 5.74) is 0. The van der Waals surface area contributed by atoms with E-state index in [1.807, 2.05) is 0 Å². The molecule has 0 aliphatic rings. The van der Waals surface area contributed by atoms with Crippen LogP contribution in [0, 0.1) is 0 Å². The molecule has 0 heterocycles. The van der Waals surface area contributed by atoms with E-state index in [4.69, 9.17) is 9.29 Å². The molecule has 0 aliphatic carbocycles. The summed E-state index contributed by atoms with van der Waals surface area (Å²) in [6.07, 6.45) is 16.1. The molecule has 10 heteroatoms. The average Bonchev–Trinajstić information content (AvgIpc) is 2.66. The van der Waals surface area contributed by atoms with Gasteiger partial charge in [-0.2, -0.15) is 8.42 Å². The van der Waals surface area contributed by atoms with Crippen molar-refractivity contribution in [3.63, 3.8) is 0 Å². The van der Waals surface area contributed by atoms with Crippen LogP contribution in [0.1, 0.15) is 123 Å². The van der Waals surface area contributed by atoms with Gasteiger partial charge in [0.25, 0.3) is 0 Å². The summed E-state index contributed by atoms with van der Waals surface area (Å²) in [6, 6.07) is 0. The predicted molar refractivity (Wildman–Crippen MR) is 132 cm³/mol. The first-order chi connectivity index (χ1) is 14.3. The van der Waals surface area contributed by atoms with Gasteiger partial charge in [0.1, 0.15) is 6.10 Å². The molecule has 0 fully saturated rings. The van der Waals surface area contributed by atoms with Gasteiger partial charge in [0.2, 0.25) is 0 Å². The van der Waals surface area contributed by atoms with Crippen molar-refractivity contribution in [1.29, 1.82) is 0 Å². The molecule has 0 radical (unpaired) electrons. The minimum atomic E-state index is -4.84. The Balaban J connectivity index is -0.00000420. The number of unbranched alkanes of at least 4 members (excludes halogenated alkanes) is 11. The SMILES string of the molecule is CCCCCCCCCC(CCCCCCCC)OC(=O)CCC(=O)OS(=O)(=O)O.[NaH].[NaH]. The first kappa shape index (κ1) is 37.4. The van der Waals surface area contributed by atoms with E-state index >= 15 is 0 Å². The quantitative estimate of drug-likeness (QED) is 0.113. The van der Waals surface area contributed by atoms with Gasteiger partial charge in [-0.15, -0.1) is 0 Å². The van der Waals surface area contributed by atoms with Crippen molar-refractivity contribution in [1.82, 2.24) is 0 Å². The third-order valence-corrected chi connectivity index (χ3v) is 5.44. The number of carbonyl (C=O) groups is 2. The standard InChI is InChI=1S/C22H42O7S.2Na.2H/c1-3-5-7-9-11-13-15-17-20(16-14-12-10-8-6-4-2)28-21(23)18-19-22(24)29-30(25,26)27;;;;/h20H,3-19H2,1-2H3,(H,25,26,27);;;;. The summed E-state index contributed by atoms with van der Waals surface area (Å²) >= 11 is 0. The molecule has 0 saturated carbocycles. The minimum absolute atomic E-state index is 0. The van der Waals surface area contributed by atoms with Gasteiger partial charge < -0.3 is 8.92 Å². The molecule has 182 valence electrons. The van der Waals surface area contributed by atoms with Crippen molar-refractivity contribution in [3.05, 3.63) is 0 Å². The van der Waals surface area contributed by atoms with E-state index in [1.165, 1.54) is 57.8 Å². The fourth-order valence-corrected chi connectivity index (χ4v) is 3.67. The third-order valence-electron chi connectivity index (χ3n) is 5.04. The average molecular weight is 499 g/mol. The van der Waals surface area contributed by atoms with Crippen molar-refractivity contribution in [2.75, 3.05) is 0 Å². The normalized spacial score (nSPS) is 11.7. The summed E-state index contributed by atoms with van der Waals surface area (Å²) in [5, 5.41) is 0. The Hall–Kier alpha value is 0.850. The maximum atomic E-state index is 12.1. The van der Waals surface area contributed by atoms with Crippen molar-refractivity contribution in [2.24, 2.45) is 0 Å². The van der Waals surface area contributed by atoms with Crippen LogP contribution in [0.25, 0.3) is 0 Å². The zero-order valence-corrected chi connectivity index (χ0v) is 19.7. The molecule has 0 bridgehead atoms. The molecule has 0 spiro atoms. The van der Waals surface area contributed by atoms with Crippen LogP contribution >= 0.6 is 0 Å². The molecule has 0 aromatic carbocycles. The van der Waals surface area contributed by atoms with E-state index < -0.39 is 28.8 Å². The Labute approximate surface area is 240 Å². The second kappa shape index (κ2) is 25.0. The molecule has 0 amide bonds. The molecule has 1 N–H and O–H groups in total. The van der Waals surface area contributed by atoms with Crippen LogP contribution in [-0.4, -0.2) is 90.1 Å². The van der Waals surface area contributed by atoms with Crippen LogP contribution in [0.4, 0.5) is 0 Å². The van der Waals surface area contributed by atoms with E-state index in [0.29, 0.717) is 0 Å². The summed E-state index contributed by atoms with van der Waals surface area (Å²) in [4.78, 5) is 23.4. The number of ether oxygens (including phenoxy) is 1. The Kier molecular flexibility index (Phi) is 29.2. The zero-order valence-electron chi connectivity index (χ0n) is 18.9. The van der Waals surface area contributed by atoms with Gasteiger partial charge in [0.05, 0.1) is 12.8 Å². The van der Waals surface area contributed by atoms with Crippen LogP contribution in [0.3, 0.4) is 0 Å².